The van der Waals surface area contributed by atoms with Gasteiger partial charge < -0.3 is 28.7 Å². The van der Waals surface area contributed by atoms with E-state index >= 15 is 0 Å². The maximum absolute atomic E-state index is 11.9. The maximum atomic E-state index is 11.9. The number of esters is 1. The summed E-state index contributed by atoms with van der Waals surface area (Å²) in [5.41, 5.74) is 1.71. The van der Waals surface area contributed by atoms with Crippen LogP contribution in [0, 0.1) is 0 Å². The van der Waals surface area contributed by atoms with E-state index in [1.807, 2.05) is 42.5 Å². The fourth-order valence-corrected chi connectivity index (χ4v) is 1.70. The van der Waals surface area contributed by atoms with Gasteiger partial charge in [-0.3, -0.25) is 4.48 Å². The first-order valence-corrected chi connectivity index (χ1v) is 6.16. The molecule has 2 aromatic carbocycles. The van der Waals surface area contributed by atoms with Gasteiger partial charge in [-0.1, -0.05) is 18.2 Å². The van der Waals surface area contributed by atoms with Gasteiger partial charge in [0.15, 0.2) is 0 Å². The predicted octanol–water partition coefficient (Wildman–Crippen LogP) is 0.107. The van der Waals surface area contributed by atoms with Gasteiger partial charge in [-0.2, -0.15) is 0 Å². The fourth-order valence-electron chi connectivity index (χ4n) is 1.70. The number of ether oxygens (including phenoxy) is 1. The number of halogens is 1. The molecule has 2 aromatic rings. The van der Waals surface area contributed by atoms with E-state index in [1.54, 1.807) is 12.1 Å². The maximum Gasteiger partial charge on any atom is 0.343 e. The lowest BCUT2D eigenvalue weighted by Crippen LogP contribution is -3.00. The van der Waals surface area contributed by atoms with Crippen LogP contribution in [0.5, 0.6) is 5.75 Å². The Morgan fingerprint density at radius 1 is 0.900 bits per heavy atom. The molecule has 0 aliphatic carbocycles. The average molecular weight is 383 g/mol. The summed E-state index contributed by atoms with van der Waals surface area (Å²) >= 11 is 0. The zero-order valence-electron chi connectivity index (χ0n) is 11.8. The number of carbonyl (C=O) groups is 1. The molecule has 3 nitrogen and oxygen atoms in total. The fraction of sp³-hybridized carbons (Fsp3) is 0.188. The van der Waals surface area contributed by atoms with Crippen molar-refractivity contribution in [3.8, 4) is 5.75 Å². The normalized spacial score (nSPS) is 10.6. The molecule has 4 heteroatoms. The molecule has 0 saturated heterocycles. The Hall–Kier alpha value is -1.40. The molecule has 0 aromatic heterocycles. The molecule has 0 heterocycles. The van der Waals surface area contributed by atoms with E-state index in [1.165, 1.54) is 0 Å². The minimum Gasteiger partial charge on any atom is -1.00 e. The highest BCUT2D eigenvalue weighted by Gasteiger charge is 2.13. The summed E-state index contributed by atoms with van der Waals surface area (Å²) in [6.07, 6.45) is 0. The largest absolute Gasteiger partial charge is 1.00 e. The van der Waals surface area contributed by atoms with Crippen molar-refractivity contribution in [2.45, 2.75) is 0 Å². The second kappa shape index (κ2) is 6.85. The number of hydrogen-bond donors (Lipinski definition) is 0. The third-order valence-corrected chi connectivity index (χ3v) is 2.83. The lowest BCUT2D eigenvalue weighted by atomic mass is 10.2. The topological polar surface area (TPSA) is 26.3 Å². The monoisotopic (exact) mass is 383 g/mol. The molecule has 0 bridgehead atoms. The van der Waals surface area contributed by atoms with Crippen LogP contribution in [-0.4, -0.2) is 27.1 Å². The van der Waals surface area contributed by atoms with E-state index in [4.69, 9.17) is 4.74 Å². The average Bonchev–Trinajstić information content (AvgIpc) is 2.39. The smallest absolute Gasteiger partial charge is 0.343 e. The van der Waals surface area contributed by atoms with Crippen molar-refractivity contribution in [2.24, 2.45) is 0 Å². The van der Waals surface area contributed by atoms with Gasteiger partial charge >= 0.3 is 5.97 Å². The summed E-state index contributed by atoms with van der Waals surface area (Å²) < 4.78 is 6.05. The molecule has 20 heavy (non-hydrogen) atoms. The summed E-state index contributed by atoms with van der Waals surface area (Å²) in [4.78, 5) is 11.9. The van der Waals surface area contributed by atoms with Crippen LogP contribution < -0.4 is 33.2 Å². The second-order valence-corrected chi connectivity index (χ2v) is 5.26. The van der Waals surface area contributed by atoms with E-state index in [9.17, 15) is 4.79 Å². The van der Waals surface area contributed by atoms with Crippen molar-refractivity contribution >= 4 is 11.7 Å². The SMILES string of the molecule is C[N+](C)(C)c1ccc(OC(=O)c2ccccc2)cc1.[I-]. The van der Waals surface area contributed by atoms with Gasteiger partial charge in [0.1, 0.15) is 11.4 Å². The van der Waals surface area contributed by atoms with Gasteiger partial charge in [-0.05, 0) is 24.3 Å². The highest BCUT2D eigenvalue weighted by Crippen LogP contribution is 2.21. The summed E-state index contributed by atoms with van der Waals surface area (Å²) in [6.45, 7) is 0. The van der Waals surface area contributed by atoms with Gasteiger partial charge in [0.25, 0.3) is 0 Å². The standard InChI is InChI=1S/C16H18NO2.HI/c1-17(2,3)14-9-11-15(12-10-14)19-16(18)13-7-5-4-6-8-13;/h4-12H,1-3H3;1H/q+1;/p-1. The van der Waals surface area contributed by atoms with Crippen molar-refractivity contribution in [2.75, 3.05) is 21.1 Å². The van der Waals surface area contributed by atoms with E-state index in [-0.39, 0.29) is 29.9 Å². The van der Waals surface area contributed by atoms with Gasteiger partial charge in [0.2, 0.25) is 0 Å². The van der Waals surface area contributed by atoms with E-state index < -0.39 is 0 Å². The lowest BCUT2D eigenvalue weighted by molar-refractivity contribution is -0.0000171. The molecule has 0 atom stereocenters. The Kier molecular flexibility index (Phi) is 5.71. The van der Waals surface area contributed by atoms with Crippen molar-refractivity contribution in [1.29, 1.82) is 0 Å². The molecule has 0 radical (unpaired) electrons. The third kappa shape index (κ3) is 4.31. The first-order chi connectivity index (χ1) is 8.97. The summed E-state index contributed by atoms with van der Waals surface area (Å²) in [7, 11) is 6.26. The quantitative estimate of drug-likeness (QED) is 0.326. The minimum atomic E-state index is -0.335. The third-order valence-electron chi connectivity index (χ3n) is 2.83. The van der Waals surface area contributed by atoms with Crippen LogP contribution in [0.4, 0.5) is 5.69 Å². The molecular formula is C16H18INO2. The van der Waals surface area contributed by atoms with E-state index in [2.05, 4.69) is 21.1 Å². The van der Waals surface area contributed by atoms with Crippen LogP contribution in [-0.2, 0) is 0 Å². The summed E-state index contributed by atoms with van der Waals surface area (Å²) in [5, 5.41) is 0. The second-order valence-electron chi connectivity index (χ2n) is 5.26. The van der Waals surface area contributed by atoms with Gasteiger partial charge in [-0.15, -0.1) is 0 Å². The Labute approximate surface area is 136 Å². The molecular weight excluding hydrogens is 365 g/mol. The molecule has 0 amide bonds. The first kappa shape index (κ1) is 16.7. The molecule has 2 rings (SSSR count). The number of carbonyl (C=O) groups excluding carboxylic acids is 1. The first-order valence-electron chi connectivity index (χ1n) is 6.16. The molecule has 0 aliphatic heterocycles. The van der Waals surface area contributed by atoms with Crippen LogP contribution in [0.15, 0.2) is 54.6 Å². The molecule has 0 fully saturated rings. The van der Waals surface area contributed by atoms with Gasteiger partial charge in [0.05, 0.1) is 26.7 Å². The van der Waals surface area contributed by atoms with E-state index in [0.717, 1.165) is 10.2 Å². The van der Waals surface area contributed by atoms with Crippen LogP contribution >= 0.6 is 0 Å². The van der Waals surface area contributed by atoms with Crippen molar-refractivity contribution in [1.82, 2.24) is 4.48 Å². The molecule has 0 saturated carbocycles. The summed E-state index contributed by atoms with van der Waals surface area (Å²) in [5.74, 6) is 0.227. The predicted molar refractivity (Wildman–Crippen MR) is 77.4 cm³/mol. The zero-order valence-corrected chi connectivity index (χ0v) is 14.0. The number of benzene rings is 2. The van der Waals surface area contributed by atoms with Crippen molar-refractivity contribution in [3.63, 3.8) is 0 Å². The lowest BCUT2D eigenvalue weighted by Gasteiger charge is -2.23. The van der Waals surface area contributed by atoms with Crippen LogP contribution in [0.3, 0.4) is 0 Å². The van der Waals surface area contributed by atoms with Crippen LogP contribution in [0.2, 0.25) is 0 Å². The molecule has 106 valence electrons. The number of rotatable bonds is 3. The highest BCUT2D eigenvalue weighted by molar-refractivity contribution is 5.90. The van der Waals surface area contributed by atoms with Crippen molar-refractivity contribution < 1.29 is 33.5 Å². The number of hydrogen-bond acceptors (Lipinski definition) is 2. The molecule has 0 aliphatic rings. The Balaban J connectivity index is 0.00000200. The Bertz CT molecular complexity index is 559. The van der Waals surface area contributed by atoms with Crippen LogP contribution in [0.1, 0.15) is 10.4 Å². The minimum absolute atomic E-state index is 0. The van der Waals surface area contributed by atoms with Gasteiger partial charge in [-0.25, -0.2) is 4.79 Å². The molecule has 0 N–H and O–H groups in total. The van der Waals surface area contributed by atoms with Crippen LogP contribution in [0.25, 0.3) is 0 Å². The Morgan fingerprint density at radius 2 is 1.45 bits per heavy atom. The van der Waals surface area contributed by atoms with Gasteiger partial charge in [0, 0.05) is 12.1 Å². The Morgan fingerprint density at radius 3 is 1.95 bits per heavy atom. The molecule has 0 unspecified atom stereocenters. The molecule has 0 spiro atoms. The number of quaternary nitrogens is 1. The van der Waals surface area contributed by atoms with E-state index in [0.29, 0.717) is 11.3 Å². The number of nitrogens with zero attached hydrogens (tertiary/aromatic N) is 1. The zero-order chi connectivity index (χ0) is 13.9. The summed E-state index contributed by atoms with van der Waals surface area (Å²) in [6, 6.07) is 16.5. The highest BCUT2D eigenvalue weighted by atomic mass is 127. The van der Waals surface area contributed by atoms with Crippen molar-refractivity contribution in [3.05, 3.63) is 60.2 Å².